The maximum absolute atomic E-state index is 13.3. The Bertz CT molecular complexity index is 647. The Labute approximate surface area is 120 Å². The number of hydrogen-bond donors (Lipinski definition) is 1. The van der Waals surface area contributed by atoms with Crippen LogP contribution in [-0.2, 0) is 0 Å². The molecule has 0 amide bonds. The van der Waals surface area contributed by atoms with Gasteiger partial charge in [-0.05, 0) is 6.07 Å². The smallest absolute Gasteiger partial charge is 0.186 e. The second-order valence-corrected chi connectivity index (χ2v) is 4.59. The lowest BCUT2D eigenvalue weighted by Crippen LogP contribution is -2.02. The molecule has 0 aliphatic carbocycles. The Morgan fingerprint density at radius 3 is 2.20 bits per heavy atom. The molecule has 0 heterocycles. The molecule has 2 aromatic rings. The first-order chi connectivity index (χ1) is 9.50. The molecule has 1 N–H and O–H groups in total. The van der Waals surface area contributed by atoms with Gasteiger partial charge in [-0.15, -0.1) is 0 Å². The Morgan fingerprint density at radius 1 is 1.00 bits per heavy atom. The summed E-state index contributed by atoms with van der Waals surface area (Å²) in [5, 5.41) is 3.56. The molecule has 2 aromatic carbocycles. The predicted molar refractivity (Wildman–Crippen MR) is 71.6 cm³/mol. The van der Waals surface area contributed by atoms with Crippen LogP contribution in [0.1, 0.15) is 5.56 Å². The van der Waals surface area contributed by atoms with Crippen molar-refractivity contribution in [3.63, 3.8) is 0 Å². The fraction of sp³-hybridized carbons (Fsp3) is 0. The van der Waals surface area contributed by atoms with Gasteiger partial charge in [-0.25, -0.2) is 17.6 Å². The van der Waals surface area contributed by atoms with E-state index in [0.717, 1.165) is 0 Å². The molecule has 0 unspecified atom stereocenters. The van der Waals surface area contributed by atoms with E-state index in [-0.39, 0.29) is 6.07 Å². The van der Waals surface area contributed by atoms with E-state index < -0.39 is 29.0 Å². The van der Waals surface area contributed by atoms with Gasteiger partial charge in [-0.1, -0.05) is 34.1 Å². The average Bonchev–Trinajstić information content (AvgIpc) is 2.42. The van der Waals surface area contributed by atoms with Gasteiger partial charge >= 0.3 is 0 Å². The Morgan fingerprint density at radius 2 is 1.60 bits per heavy atom. The van der Waals surface area contributed by atoms with Crippen LogP contribution in [0.3, 0.4) is 0 Å². The number of benzene rings is 2. The Balaban J connectivity index is 2.26. The maximum atomic E-state index is 13.3. The number of nitrogens with zero attached hydrogens (tertiary/aromatic N) is 1. The lowest BCUT2D eigenvalue weighted by atomic mass is 10.2. The minimum atomic E-state index is -1.53. The molecule has 2 rings (SSSR count). The van der Waals surface area contributed by atoms with E-state index >= 15 is 0 Å². The third-order valence-electron chi connectivity index (χ3n) is 2.40. The molecule has 2 nitrogen and oxygen atoms in total. The topological polar surface area (TPSA) is 24.4 Å². The van der Waals surface area contributed by atoms with Crippen LogP contribution in [-0.4, -0.2) is 6.21 Å². The minimum Gasteiger partial charge on any atom is -0.272 e. The van der Waals surface area contributed by atoms with Crippen LogP contribution in [0.25, 0.3) is 0 Å². The Kier molecular flexibility index (Phi) is 4.39. The maximum Gasteiger partial charge on any atom is 0.186 e. The molecule has 0 fully saturated rings. The van der Waals surface area contributed by atoms with Crippen molar-refractivity contribution in [1.29, 1.82) is 0 Å². The molecule has 0 spiro atoms. The zero-order chi connectivity index (χ0) is 14.7. The fourth-order valence-corrected chi connectivity index (χ4v) is 1.80. The van der Waals surface area contributed by atoms with Gasteiger partial charge in [0, 0.05) is 16.1 Å². The minimum absolute atomic E-state index is 0.132. The molecule has 0 aliphatic heterocycles. The number of halogens is 5. The van der Waals surface area contributed by atoms with Crippen molar-refractivity contribution in [2.24, 2.45) is 5.10 Å². The van der Waals surface area contributed by atoms with Gasteiger partial charge in [-0.3, -0.25) is 5.43 Å². The zero-order valence-electron chi connectivity index (χ0n) is 9.80. The highest BCUT2D eigenvalue weighted by Crippen LogP contribution is 2.24. The number of anilines is 1. The summed E-state index contributed by atoms with van der Waals surface area (Å²) in [6.07, 6.45) is 1.26. The Hall–Kier alpha value is -1.89. The predicted octanol–water partition coefficient (Wildman–Crippen LogP) is 4.45. The summed E-state index contributed by atoms with van der Waals surface area (Å²) in [4.78, 5) is 0. The van der Waals surface area contributed by atoms with E-state index in [9.17, 15) is 17.6 Å². The van der Waals surface area contributed by atoms with Crippen molar-refractivity contribution in [3.8, 4) is 0 Å². The van der Waals surface area contributed by atoms with Gasteiger partial charge < -0.3 is 0 Å². The monoisotopic (exact) mass is 346 g/mol. The van der Waals surface area contributed by atoms with Crippen LogP contribution in [0.2, 0.25) is 0 Å². The summed E-state index contributed by atoms with van der Waals surface area (Å²) in [7, 11) is 0. The standard InChI is InChI=1S/C13H7BrF4N2/c14-8-4-2-1-3-7(8)6-19-20-13-11(17)9(15)5-10(16)12(13)18/h1-6,20H/b19-6-. The average molecular weight is 347 g/mol. The highest BCUT2D eigenvalue weighted by Gasteiger charge is 2.18. The summed E-state index contributed by atoms with van der Waals surface area (Å²) in [6.45, 7) is 0. The molecule has 0 atom stereocenters. The number of hydrazone groups is 1. The first-order valence-corrected chi connectivity index (χ1v) is 6.16. The van der Waals surface area contributed by atoms with Gasteiger partial charge in [0.1, 0.15) is 5.69 Å². The van der Waals surface area contributed by atoms with E-state index in [4.69, 9.17) is 0 Å². The highest BCUT2D eigenvalue weighted by molar-refractivity contribution is 9.10. The van der Waals surface area contributed by atoms with Crippen LogP contribution in [0.4, 0.5) is 23.2 Å². The van der Waals surface area contributed by atoms with Gasteiger partial charge in [0.25, 0.3) is 0 Å². The molecule has 0 aliphatic rings. The normalized spacial score (nSPS) is 11.1. The van der Waals surface area contributed by atoms with E-state index in [2.05, 4.69) is 21.0 Å². The zero-order valence-corrected chi connectivity index (χ0v) is 11.4. The SMILES string of the molecule is Fc1cc(F)c(F)c(N/N=C\c2ccccc2Br)c1F. The quantitative estimate of drug-likeness (QED) is 0.377. The molecule has 0 aromatic heterocycles. The molecule has 0 saturated carbocycles. The van der Waals surface area contributed by atoms with Crippen molar-refractivity contribution in [2.45, 2.75) is 0 Å². The van der Waals surface area contributed by atoms with Crippen LogP contribution >= 0.6 is 15.9 Å². The second-order valence-electron chi connectivity index (χ2n) is 3.73. The summed E-state index contributed by atoms with van der Waals surface area (Å²) in [5.74, 6) is -6.06. The van der Waals surface area contributed by atoms with Crippen LogP contribution in [0.15, 0.2) is 39.9 Å². The first-order valence-electron chi connectivity index (χ1n) is 5.37. The summed E-state index contributed by atoms with van der Waals surface area (Å²) >= 11 is 3.25. The molecular formula is C13H7BrF4N2. The number of hydrogen-bond acceptors (Lipinski definition) is 2. The van der Waals surface area contributed by atoms with Crippen molar-refractivity contribution >= 4 is 27.8 Å². The van der Waals surface area contributed by atoms with Gasteiger partial charge in [0.2, 0.25) is 0 Å². The van der Waals surface area contributed by atoms with E-state index in [1.165, 1.54) is 6.21 Å². The number of rotatable bonds is 3. The van der Waals surface area contributed by atoms with Crippen molar-refractivity contribution in [3.05, 3.63) is 63.6 Å². The highest BCUT2D eigenvalue weighted by atomic mass is 79.9. The third kappa shape index (κ3) is 2.98. The van der Waals surface area contributed by atoms with Crippen LogP contribution in [0.5, 0.6) is 0 Å². The van der Waals surface area contributed by atoms with Crippen molar-refractivity contribution in [2.75, 3.05) is 5.43 Å². The van der Waals surface area contributed by atoms with Gasteiger partial charge in [0.15, 0.2) is 23.3 Å². The molecule has 20 heavy (non-hydrogen) atoms. The van der Waals surface area contributed by atoms with Crippen LogP contribution in [0, 0.1) is 23.3 Å². The lowest BCUT2D eigenvalue weighted by molar-refractivity contribution is 0.458. The molecule has 7 heteroatoms. The third-order valence-corrected chi connectivity index (χ3v) is 3.12. The van der Waals surface area contributed by atoms with E-state index in [1.54, 1.807) is 24.3 Å². The summed E-state index contributed by atoms with van der Waals surface area (Å²) in [5.41, 5.74) is 1.60. The van der Waals surface area contributed by atoms with Crippen molar-refractivity contribution in [1.82, 2.24) is 0 Å². The molecular weight excluding hydrogens is 340 g/mol. The molecule has 0 bridgehead atoms. The van der Waals surface area contributed by atoms with E-state index in [0.29, 0.717) is 10.0 Å². The summed E-state index contributed by atoms with van der Waals surface area (Å²) < 4.78 is 53.3. The number of nitrogens with one attached hydrogen (secondary N) is 1. The molecule has 0 saturated heterocycles. The van der Waals surface area contributed by atoms with Crippen LogP contribution < -0.4 is 5.43 Å². The van der Waals surface area contributed by atoms with Crippen molar-refractivity contribution < 1.29 is 17.6 Å². The molecule has 0 radical (unpaired) electrons. The van der Waals surface area contributed by atoms with Gasteiger partial charge in [0.05, 0.1) is 6.21 Å². The van der Waals surface area contributed by atoms with Gasteiger partial charge in [-0.2, -0.15) is 5.10 Å². The molecule has 104 valence electrons. The lowest BCUT2D eigenvalue weighted by Gasteiger charge is -2.05. The summed E-state index contributed by atoms with van der Waals surface area (Å²) in [6, 6.07) is 7.07. The first kappa shape index (κ1) is 14.5. The van der Waals surface area contributed by atoms with E-state index in [1.807, 2.05) is 5.43 Å². The fourth-order valence-electron chi connectivity index (χ4n) is 1.42. The second kappa shape index (κ2) is 6.04. The largest absolute Gasteiger partial charge is 0.272 e.